The van der Waals surface area contributed by atoms with Crippen LogP contribution in [0.25, 0.3) is 11.1 Å². The van der Waals surface area contributed by atoms with Gasteiger partial charge in [-0.2, -0.15) is 4.98 Å². The molecule has 3 aromatic heterocycles. The van der Waals surface area contributed by atoms with E-state index in [0.29, 0.717) is 33.3 Å². The number of fused-ring (bicyclic) bond motifs is 2. The molecule has 2 fully saturated rings. The number of aromatic nitrogens is 2. The maximum atomic E-state index is 12.1. The van der Waals surface area contributed by atoms with E-state index in [1.54, 1.807) is 0 Å². The first kappa shape index (κ1) is 41.6. The molecule has 1 amide bonds. The molecule has 0 radical (unpaired) electrons. The summed E-state index contributed by atoms with van der Waals surface area (Å²) in [5.41, 5.74) is 1.15. The summed E-state index contributed by atoms with van der Waals surface area (Å²) in [4.78, 5) is 56.5. The summed E-state index contributed by atoms with van der Waals surface area (Å²) in [6.07, 6.45) is 13.2. The molecule has 0 bridgehead atoms. The van der Waals surface area contributed by atoms with Crippen LogP contribution in [0.3, 0.4) is 0 Å². The molecular formula is C33H49FIN3O6S2. The average Bonchev–Trinajstić information content (AvgIpc) is 3.90. The summed E-state index contributed by atoms with van der Waals surface area (Å²) < 4.78 is 25.7. The molecule has 3 aromatic rings. The van der Waals surface area contributed by atoms with Gasteiger partial charge in [0, 0.05) is 12.1 Å². The fraction of sp³-hybridized carbons (Fsp3) is 0.576. The molecule has 0 unspecified atom stereocenters. The van der Waals surface area contributed by atoms with Crippen LogP contribution in [-0.2, 0) is 19.3 Å². The van der Waals surface area contributed by atoms with Crippen LogP contribution in [0, 0.1) is 11.8 Å². The third-order valence-electron chi connectivity index (χ3n) is 7.30. The highest BCUT2D eigenvalue weighted by Gasteiger charge is 2.27. The van der Waals surface area contributed by atoms with Crippen molar-refractivity contribution in [2.24, 2.45) is 11.8 Å². The lowest BCUT2D eigenvalue weighted by molar-refractivity contribution is 0.0968. The molecule has 0 aromatic carbocycles. The number of aryl methyl sites for hydroxylation is 2. The molecule has 0 atom stereocenters. The normalized spacial score (nSPS) is 14.5. The number of aromatic amines is 1. The average molecular weight is 795 g/mol. The summed E-state index contributed by atoms with van der Waals surface area (Å²) in [5.74, 6) is 1.89. The molecule has 0 spiro atoms. The van der Waals surface area contributed by atoms with E-state index in [4.69, 9.17) is 22.4 Å². The molecule has 46 heavy (non-hydrogen) atoms. The van der Waals surface area contributed by atoms with Crippen molar-refractivity contribution >= 4 is 68.6 Å². The van der Waals surface area contributed by atoms with Crippen molar-refractivity contribution in [1.82, 2.24) is 15.3 Å². The number of rotatable bonds is 9. The number of amides is 1. The first-order valence-corrected chi connectivity index (χ1v) is 17.9. The largest absolute Gasteiger partial charge is 0.427 e. The first-order chi connectivity index (χ1) is 21.2. The van der Waals surface area contributed by atoms with Crippen LogP contribution >= 0.6 is 46.6 Å². The Morgan fingerprint density at radius 3 is 2.04 bits per heavy atom. The van der Waals surface area contributed by atoms with Gasteiger partial charge in [0.15, 0.2) is 5.16 Å². The van der Waals surface area contributed by atoms with E-state index in [2.05, 4.69) is 37.9 Å². The number of carbonyl (C=O) groups excluding carboxylic acids is 1. The van der Waals surface area contributed by atoms with Crippen LogP contribution in [0.15, 0.2) is 40.5 Å². The lowest BCUT2D eigenvalue weighted by Gasteiger charge is -2.18. The van der Waals surface area contributed by atoms with E-state index in [-0.39, 0.29) is 39.5 Å². The molecule has 6 rings (SSSR count). The lowest BCUT2D eigenvalue weighted by atomic mass is 9.97. The van der Waals surface area contributed by atoms with E-state index in [1.807, 2.05) is 11.2 Å². The molecule has 13 heteroatoms. The Labute approximate surface area is 295 Å². The van der Waals surface area contributed by atoms with Gasteiger partial charge in [-0.1, -0.05) is 107 Å². The van der Waals surface area contributed by atoms with Crippen LogP contribution < -0.4 is 22.1 Å². The maximum Gasteiger partial charge on any atom is 0.337 e. The number of carbonyl (C=O) groups is 1. The Morgan fingerprint density at radius 2 is 1.50 bits per heavy atom. The summed E-state index contributed by atoms with van der Waals surface area (Å²) in [6, 6.07) is 2.87. The highest BCUT2D eigenvalue weighted by molar-refractivity contribution is 14.1. The van der Waals surface area contributed by atoms with Gasteiger partial charge in [0.25, 0.3) is 11.5 Å². The molecule has 2 aliphatic carbocycles. The molecule has 2 saturated carbocycles. The van der Waals surface area contributed by atoms with E-state index in [1.165, 1.54) is 56.0 Å². The minimum Gasteiger partial charge on any atom is -0.427 e. The zero-order chi connectivity index (χ0) is 32.2. The SMILES string of the molecule is C.C.C.CI.CSc1nc2oc(=O)cc(CCCC3CC3)c2c(=O)[nH]1.O=C1NC(=S)Cc2oc(=O)cc(CCCC3CC3)c21.[2H]CF. The van der Waals surface area contributed by atoms with Gasteiger partial charge in [0.05, 0.1) is 25.5 Å². The van der Waals surface area contributed by atoms with E-state index < -0.39 is 18.4 Å². The van der Waals surface area contributed by atoms with Crippen molar-refractivity contribution in [3.05, 3.63) is 65.8 Å². The highest BCUT2D eigenvalue weighted by Crippen LogP contribution is 2.35. The van der Waals surface area contributed by atoms with Crippen LogP contribution in [0.5, 0.6) is 0 Å². The number of thioether (sulfide) groups is 1. The third kappa shape index (κ3) is 12.7. The van der Waals surface area contributed by atoms with Gasteiger partial charge >= 0.3 is 11.3 Å². The predicted molar refractivity (Wildman–Crippen MR) is 200 cm³/mol. The molecular weight excluding hydrogens is 744 g/mol. The summed E-state index contributed by atoms with van der Waals surface area (Å²) >= 11 is 8.44. The van der Waals surface area contributed by atoms with Crippen LogP contribution in [0.1, 0.15) is 102 Å². The molecule has 4 heterocycles. The van der Waals surface area contributed by atoms with Crippen molar-refractivity contribution in [3.8, 4) is 0 Å². The van der Waals surface area contributed by atoms with E-state index in [9.17, 15) is 23.6 Å². The Balaban J connectivity index is 0.000000751. The number of H-pyrrole nitrogens is 1. The molecule has 2 N–H and O–H groups in total. The summed E-state index contributed by atoms with van der Waals surface area (Å²) in [5, 5.41) is 3.51. The van der Waals surface area contributed by atoms with E-state index in [0.717, 1.165) is 55.1 Å². The number of halogens is 2. The van der Waals surface area contributed by atoms with Gasteiger partial charge in [-0.05, 0) is 59.8 Å². The van der Waals surface area contributed by atoms with Gasteiger partial charge in [0.2, 0.25) is 5.71 Å². The monoisotopic (exact) mass is 794 g/mol. The van der Waals surface area contributed by atoms with Crippen LogP contribution in [0.4, 0.5) is 4.39 Å². The fourth-order valence-corrected chi connectivity index (χ4v) is 5.56. The zero-order valence-corrected chi connectivity index (χ0v) is 28.1. The van der Waals surface area contributed by atoms with Crippen molar-refractivity contribution in [2.45, 2.75) is 98.1 Å². The predicted octanol–water partition coefficient (Wildman–Crippen LogP) is 7.86. The Hall–Kier alpha value is -2.39. The standard InChI is InChI=1S/C14H16N2O3S.C14H15NO3S.CH3F.CH3I.3CH4/c1-20-14-15-12(18)11-9(4-2-3-8-5-6-8)7-10(17)19-13(11)16-14;16-12-6-9(3-1-2-8-4-5-8)13-10(18-12)7-11(19)15-14(13)17;2*1-2;;;/h7-8H,2-6H2,1H3,(H,15,16,18);6,8H,1-5,7H2,(H,15,17,19);2*1H3;3*1H4/i;;1D;;;;. The number of thiocarbonyl (C=S) groups is 1. The maximum absolute atomic E-state index is 12.1. The quantitative estimate of drug-likeness (QED) is 0.0730. The Morgan fingerprint density at radius 1 is 0.978 bits per heavy atom. The number of nitrogens with one attached hydrogen (secondary N) is 2. The van der Waals surface area contributed by atoms with Gasteiger partial charge < -0.3 is 19.1 Å². The summed E-state index contributed by atoms with van der Waals surface area (Å²) in [7, 11) is -1.00. The van der Waals surface area contributed by atoms with Gasteiger partial charge in [-0.15, -0.1) is 0 Å². The van der Waals surface area contributed by atoms with Crippen molar-refractivity contribution < 1.29 is 19.4 Å². The number of nitrogens with zero attached hydrogens (tertiary/aromatic N) is 1. The number of alkyl halides is 2. The van der Waals surface area contributed by atoms with E-state index >= 15 is 0 Å². The second-order valence-electron chi connectivity index (χ2n) is 10.5. The fourth-order valence-electron chi connectivity index (χ4n) is 4.97. The number of hydrogen-bond donors (Lipinski definition) is 2. The lowest BCUT2D eigenvalue weighted by Crippen LogP contribution is -2.37. The third-order valence-corrected chi connectivity index (χ3v) is 8.12. The minimum atomic E-state index is -1.00. The molecule has 9 nitrogen and oxygen atoms in total. The van der Waals surface area contributed by atoms with Crippen molar-refractivity contribution in [2.75, 3.05) is 18.3 Å². The molecule has 1 aliphatic heterocycles. The van der Waals surface area contributed by atoms with Gasteiger partial charge in [0.1, 0.15) is 11.1 Å². The zero-order valence-electron chi connectivity index (χ0n) is 25.3. The second-order valence-corrected chi connectivity index (χ2v) is 11.7. The number of hydrogen-bond acceptors (Lipinski definition) is 9. The van der Waals surface area contributed by atoms with Gasteiger partial charge in [-0.25, -0.2) is 9.59 Å². The van der Waals surface area contributed by atoms with Gasteiger partial charge in [-0.3, -0.25) is 14.0 Å². The highest BCUT2D eigenvalue weighted by atomic mass is 127. The molecule has 3 aliphatic rings. The van der Waals surface area contributed by atoms with Crippen LogP contribution in [0.2, 0.25) is 0 Å². The topological polar surface area (TPSA) is 135 Å². The van der Waals surface area contributed by atoms with Crippen LogP contribution in [-0.4, -0.2) is 39.2 Å². The Bertz CT molecular complexity index is 1620. The minimum absolute atomic E-state index is 0. The molecule has 258 valence electrons. The summed E-state index contributed by atoms with van der Waals surface area (Å²) in [6.45, 7) is 0. The Kier molecular flexibility index (Phi) is 19.4. The van der Waals surface area contributed by atoms with Crippen molar-refractivity contribution in [1.29, 1.82) is 0 Å². The first-order valence-electron chi connectivity index (χ1n) is 14.8. The molecule has 0 saturated heterocycles. The van der Waals surface area contributed by atoms with Crippen molar-refractivity contribution in [3.63, 3.8) is 0 Å². The second kappa shape index (κ2) is 21.5. The smallest absolute Gasteiger partial charge is 0.337 e.